The third-order valence-electron chi connectivity index (χ3n) is 5.59. The van der Waals surface area contributed by atoms with Gasteiger partial charge in [0.25, 0.3) is 10.1 Å². The lowest BCUT2D eigenvalue weighted by atomic mass is 9.70. The van der Waals surface area contributed by atoms with Crippen LogP contribution in [0.5, 0.6) is 0 Å². The maximum absolute atomic E-state index is 12.7. The number of rotatable bonds is 13. The predicted octanol–water partition coefficient (Wildman–Crippen LogP) is 1.72. The van der Waals surface area contributed by atoms with Gasteiger partial charge in [-0.2, -0.15) is 8.42 Å². The second-order valence-electron chi connectivity index (χ2n) is 8.43. The molecule has 33 heavy (non-hydrogen) atoms. The van der Waals surface area contributed by atoms with Crippen molar-refractivity contribution in [1.29, 1.82) is 0 Å². The summed E-state index contributed by atoms with van der Waals surface area (Å²) < 4.78 is 36.3. The standard InChI is InChI=1S/C22H33NO9S/c1-6-17(31-19(25)16-11-8-7-9-12-16)18(21(3,4)22(5,28)20(26)27)32-33(29,30)14-10-13-23-15(2)24/h7-9,11-12,17-18,28H,6,10,13-14H2,1-5H3,(H,23,24)(H,26,27)/t17?,18?,22-/m0/s1. The number of hydrogen-bond acceptors (Lipinski definition) is 8. The van der Waals surface area contributed by atoms with Crippen molar-refractivity contribution in [3.8, 4) is 0 Å². The number of aliphatic hydroxyl groups is 1. The van der Waals surface area contributed by atoms with Gasteiger partial charge in [0.2, 0.25) is 5.91 Å². The maximum Gasteiger partial charge on any atom is 0.338 e. The molecule has 0 saturated carbocycles. The highest BCUT2D eigenvalue weighted by molar-refractivity contribution is 7.86. The summed E-state index contributed by atoms with van der Waals surface area (Å²) in [6.45, 7) is 6.70. The highest BCUT2D eigenvalue weighted by Gasteiger charge is 2.55. The van der Waals surface area contributed by atoms with Crippen molar-refractivity contribution < 1.29 is 41.9 Å². The van der Waals surface area contributed by atoms with Crippen LogP contribution in [-0.4, -0.2) is 66.6 Å². The molecule has 0 fully saturated rings. The van der Waals surface area contributed by atoms with E-state index in [-0.39, 0.29) is 30.9 Å². The summed E-state index contributed by atoms with van der Waals surface area (Å²) in [5, 5.41) is 22.7. The van der Waals surface area contributed by atoms with Crippen molar-refractivity contribution in [2.75, 3.05) is 12.3 Å². The molecule has 0 aliphatic heterocycles. The molecule has 1 rings (SSSR count). The van der Waals surface area contributed by atoms with Crippen molar-refractivity contribution in [2.45, 2.75) is 65.3 Å². The van der Waals surface area contributed by atoms with Crippen LogP contribution in [0, 0.1) is 5.41 Å². The molecule has 0 radical (unpaired) electrons. The molecule has 10 nitrogen and oxygen atoms in total. The van der Waals surface area contributed by atoms with Crippen LogP contribution in [0.25, 0.3) is 0 Å². The first kappa shape index (κ1) is 28.5. The summed E-state index contributed by atoms with van der Waals surface area (Å²) in [6.07, 6.45) is -2.58. The van der Waals surface area contributed by atoms with Gasteiger partial charge in [-0.15, -0.1) is 0 Å². The Bertz CT molecular complexity index is 926. The molecule has 3 N–H and O–H groups in total. The summed E-state index contributed by atoms with van der Waals surface area (Å²) in [7, 11) is -4.25. The highest BCUT2D eigenvalue weighted by atomic mass is 32.2. The van der Waals surface area contributed by atoms with E-state index in [1.165, 1.54) is 32.9 Å². The van der Waals surface area contributed by atoms with Gasteiger partial charge < -0.3 is 20.3 Å². The van der Waals surface area contributed by atoms with Crippen molar-refractivity contribution in [2.24, 2.45) is 5.41 Å². The molecular formula is C22H33NO9S. The molecule has 2 unspecified atom stereocenters. The van der Waals surface area contributed by atoms with Gasteiger partial charge in [0.1, 0.15) is 12.2 Å². The summed E-state index contributed by atoms with van der Waals surface area (Å²) in [4.78, 5) is 35.4. The number of esters is 1. The van der Waals surface area contributed by atoms with Crippen molar-refractivity contribution in [3.63, 3.8) is 0 Å². The minimum atomic E-state index is -4.25. The van der Waals surface area contributed by atoms with Gasteiger partial charge in [-0.05, 0) is 31.9 Å². The molecule has 0 spiro atoms. The van der Waals surface area contributed by atoms with Gasteiger partial charge in [-0.25, -0.2) is 9.59 Å². The van der Waals surface area contributed by atoms with E-state index in [2.05, 4.69) is 5.32 Å². The molecule has 1 aromatic carbocycles. The topological polar surface area (TPSA) is 156 Å². The second kappa shape index (κ2) is 11.6. The zero-order valence-corrected chi connectivity index (χ0v) is 20.3. The van der Waals surface area contributed by atoms with Crippen LogP contribution in [0.1, 0.15) is 57.8 Å². The first-order valence-corrected chi connectivity index (χ1v) is 12.1. The fraction of sp³-hybridized carbons (Fsp3) is 0.591. The average molecular weight is 488 g/mol. The normalized spacial score (nSPS) is 15.7. The number of hydrogen-bond donors (Lipinski definition) is 3. The van der Waals surface area contributed by atoms with E-state index in [4.69, 9.17) is 8.92 Å². The summed E-state index contributed by atoms with van der Waals surface area (Å²) >= 11 is 0. The first-order valence-electron chi connectivity index (χ1n) is 10.5. The number of nitrogens with one attached hydrogen (secondary N) is 1. The molecule has 11 heteroatoms. The van der Waals surface area contributed by atoms with Crippen LogP contribution in [0.4, 0.5) is 0 Å². The maximum atomic E-state index is 12.7. The van der Waals surface area contributed by atoms with Crippen LogP contribution in [0.15, 0.2) is 30.3 Å². The van der Waals surface area contributed by atoms with E-state index in [0.29, 0.717) is 0 Å². The molecule has 0 saturated heterocycles. The lowest BCUT2D eigenvalue weighted by Gasteiger charge is -2.44. The fourth-order valence-electron chi connectivity index (χ4n) is 3.06. The quantitative estimate of drug-likeness (QED) is 0.214. The van der Waals surface area contributed by atoms with Crippen LogP contribution < -0.4 is 5.32 Å². The number of carboxylic acids is 1. The Kier molecular flexibility index (Phi) is 10.0. The highest BCUT2D eigenvalue weighted by Crippen LogP contribution is 2.40. The van der Waals surface area contributed by atoms with Gasteiger partial charge in [0.15, 0.2) is 5.60 Å². The molecule has 1 aromatic rings. The minimum absolute atomic E-state index is 0.0466. The van der Waals surface area contributed by atoms with E-state index < -0.39 is 51.0 Å². The zero-order chi connectivity index (χ0) is 25.4. The van der Waals surface area contributed by atoms with Crippen LogP contribution in [0.2, 0.25) is 0 Å². The van der Waals surface area contributed by atoms with E-state index in [1.54, 1.807) is 25.1 Å². The number of carbonyl (C=O) groups is 3. The number of ether oxygens (including phenoxy) is 1. The zero-order valence-electron chi connectivity index (χ0n) is 19.5. The second-order valence-corrected chi connectivity index (χ2v) is 10.1. The van der Waals surface area contributed by atoms with E-state index >= 15 is 0 Å². The van der Waals surface area contributed by atoms with Crippen LogP contribution >= 0.6 is 0 Å². The summed E-state index contributed by atoms with van der Waals surface area (Å²) in [5.74, 6) is -3.13. The van der Waals surface area contributed by atoms with E-state index in [0.717, 1.165) is 6.92 Å². The lowest BCUT2D eigenvalue weighted by molar-refractivity contribution is -0.185. The van der Waals surface area contributed by atoms with Gasteiger partial charge in [-0.1, -0.05) is 39.0 Å². The summed E-state index contributed by atoms with van der Waals surface area (Å²) in [6, 6.07) is 8.00. The van der Waals surface area contributed by atoms with Crippen LogP contribution in [-0.2, 0) is 28.6 Å². The number of aliphatic carboxylic acids is 1. The van der Waals surface area contributed by atoms with Gasteiger partial charge >= 0.3 is 11.9 Å². The average Bonchev–Trinajstić information content (AvgIpc) is 2.73. The number of benzene rings is 1. The Hall–Kier alpha value is -2.50. The van der Waals surface area contributed by atoms with E-state index in [1.807, 2.05) is 0 Å². The minimum Gasteiger partial charge on any atom is -0.479 e. The Balaban J connectivity index is 3.26. The first-order chi connectivity index (χ1) is 15.2. The third-order valence-corrected chi connectivity index (χ3v) is 6.87. The van der Waals surface area contributed by atoms with Crippen LogP contribution in [0.3, 0.4) is 0 Å². The monoisotopic (exact) mass is 487 g/mol. The third kappa shape index (κ3) is 7.79. The molecule has 186 valence electrons. The largest absolute Gasteiger partial charge is 0.479 e. The fourth-order valence-corrected chi connectivity index (χ4v) is 4.33. The Morgan fingerprint density at radius 2 is 1.70 bits per heavy atom. The Morgan fingerprint density at radius 1 is 1.12 bits per heavy atom. The SMILES string of the molecule is CCC(OC(=O)c1ccccc1)C(OS(=O)(=O)CCCNC(C)=O)C(C)(C)[C@@](C)(O)C(=O)O. The van der Waals surface area contributed by atoms with Gasteiger partial charge in [-0.3, -0.25) is 8.98 Å². The molecule has 0 bridgehead atoms. The van der Waals surface area contributed by atoms with E-state index in [9.17, 15) is 33.0 Å². The number of carbonyl (C=O) groups excluding carboxylic acids is 2. The smallest absolute Gasteiger partial charge is 0.338 e. The Labute approximate surface area is 194 Å². The van der Waals surface area contributed by atoms with Gasteiger partial charge in [0.05, 0.1) is 11.3 Å². The molecule has 0 aliphatic carbocycles. The number of amides is 1. The summed E-state index contributed by atoms with van der Waals surface area (Å²) in [5.41, 5.74) is -3.91. The lowest BCUT2D eigenvalue weighted by Crippen LogP contribution is -2.59. The molecule has 0 aliphatic rings. The van der Waals surface area contributed by atoms with Crippen molar-refractivity contribution in [3.05, 3.63) is 35.9 Å². The van der Waals surface area contributed by atoms with Crippen molar-refractivity contribution in [1.82, 2.24) is 5.32 Å². The molecule has 0 heterocycles. The molecule has 0 aromatic heterocycles. The Morgan fingerprint density at radius 3 is 2.18 bits per heavy atom. The molecule has 1 amide bonds. The molecular weight excluding hydrogens is 454 g/mol. The molecule has 3 atom stereocenters. The number of carboxylic acid groups (broad SMARTS) is 1. The predicted molar refractivity (Wildman–Crippen MR) is 120 cm³/mol. The van der Waals surface area contributed by atoms with Crippen molar-refractivity contribution >= 4 is 28.0 Å². The van der Waals surface area contributed by atoms with Gasteiger partial charge in [0, 0.05) is 18.9 Å².